The molecule has 0 amide bonds. The van der Waals surface area contributed by atoms with Crippen molar-refractivity contribution in [2.75, 3.05) is 24.7 Å². The molecular formula is C21H31N5O4S. The van der Waals surface area contributed by atoms with Gasteiger partial charge in [-0.1, -0.05) is 6.92 Å². The summed E-state index contributed by atoms with van der Waals surface area (Å²) in [5.41, 5.74) is 1.18. The zero-order chi connectivity index (χ0) is 22.3. The number of sulfonamides is 1. The molecule has 1 aliphatic heterocycles. The lowest BCUT2D eigenvalue weighted by molar-refractivity contribution is 0.175. The molecule has 2 N–H and O–H groups in total. The van der Waals surface area contributed by atoms with Gasteiger partial charge in [0.15, 0.2) is 0 Å². The normalized spacial score (nSPS) is 25.9. The molecule has 0 radical (unpaired) electrons. The molecule has 4 rings (SSSR count). The van der Waals surface area contributed by atoms with Gasteiger partial charge in [-0.3, -0.25) is 9.36 Å². The van der Waals surface area contributed by atoms with Gasteiger partial charge in [-0.25, -0.2) is 17.7 Å². The van der Waals surface area contributed by atoms with Crippen molar-refractivity contribution in [3.63, 3.8) is 0 Å². The first-order chi connectivity index (χ1) is 14.6. The van der Waals surface area contributed by atoms with E-state index >= 15 is 0 Å². The molecule has 2 fully saturated rings. The summed E-state index contributed by atoms with van der Waals surface area (Å²) in [5.74, 6) is 1.02. The Kier molecular flexibility index (Phi) is 6.06. The van der Waals surface area contributed by atoms with Gasteiger partial charge >= 0.3 is 0 Å². The van der Waals surface area contributed by atoms with Crippen LogP contribution in [0.1, 0.15) is 38.2 Å². The maximum atomic E-state index is 12.9. The predicted molar refractivity (Wildman–Crippen MR) is 119 cm³/mol. The molecule has 9 nitrogen and oxygen atoms in total. The van der Waals surface area contributed by atoms with Crippen LogP contribution in [0.2, 0.25) is 0 Å². The van der Waals surface area contributed by atoms with Crippen LogP contribution in [0.5, 0.6) is 0 Å². The minimum atomic E-state index is -3.17. The standard InChI is InChI=1S/C21H31N5O4S/c1-13-9-18(27)10-16(13)12-26-19-15(8-14(2)20(26)28)11-22-21(24-19)23-17-4-6-25(7-5-17)31(3,29)30/h8,11,13,16-18,27H,4-7,9-10,12H2,1-3H3,(H,22,23,24)/t13-,16-,18+/m0/s1. The summed E-state index contributed by atoms with van der Waals surface area (Å²) in [6.07, 6.45) is 5.45. The Morgan fingerprint density at radius 3 is 2.58 bits per heavy atom. The van der Waals surface area contributed by atoms with E-state index in [1.807, 2.05) is 6.07 Å². The molecule has 1 aliphatic carbocycles. The Hall–Kier alpha value is -2.04. The fourth-order valence-electron chi connectivity index (χ4n) is 4.85. The molecule has 0 bridgehead atoms. The summed E-state index contributed by atoms with van der Waals surface area (Å²) in [7, 11) is -3.17. The van der Waals surface area contributed by atoms with Gasteiger partial charge in [0.25, 0.3) is 5.56 Å². The molecule has 3 heterocycles. The maximum absolute atomic E-state index is 12.9. The zero-order valence-electron chi connectivity index (χ0n) is 18.3. The number of hydrogen-bond acceptors (Lipinski definition) is 7. The van der Waals surface area contributed by atoms with Gasteiger partial charge in [-0.2, -0.15) is 4.98 Å². The topological polar surface area (TPSA) is 117 Å². The van der Waals surface area contributed by atoms with Crippen molar-refractivity contribution >= 4 is 27.0 Å². The van der Waals surface area contributed by atoms with Gasteiger partial charge in [0, 0.05) is 42.8 Å². The van der Waals surface area contributed by atoms with Crippen LogP contribution in [0, 0.1) is 18.8 Å². The second kappa shape index (κ2) is 8.48. The number of fused-ring (bicyclic) bond motifs is 1. The first-order valence-corrected chi connectivity index (χ1v) is 12.7. The molecule has 170 valence electrons. The van der Waals surface area contributed by atoms with Crippen LogP contribution in [-0.2, 0) is 16.6 Å². The van der Waals surface area contributed by atoms with E-state index in [2.05, 4.69) is 22.2 Å². The SMILES string of the molecule is Cc1cc2cnc(NC3CCN(S(C)(=O)=O)CC3)nc2n(C[C@@H]2C[C@H](O)C[C@@H]2C)c1=O. The molecule has 3 atom stereocenters. The van der Waals surface area contributed by atoms with Gasteiger partial charge in [-0.15, -0.1) is 0 Å². The van der Waals surface area contributed by atoms with Crippen LogP contribution < -0.4 is 10.9 Å². The van der Waals surface area contributed by atoms with Gasteiger partial charge in [0.2, 0.25) is 16.0 Å². The third kappa shape index (κ3) is 4.75. The quantitative estimate of drug-likeness (QED) is 0.707. The van der Waals surface area contributed by atoms with E-state index in [4.69, 9.17) is 0 Å². The molecular weight excluding hydrogens is 418 g/mol. The molecule has 1 saturated heterocycles. The average molecular weight is 450 g/mol. The summed E-state index contributed by atoms with van der Waals surface area (Å²) < 4.78 is 26.6. The van der Waals surface area contributed by atoms with Crippen LogP contribution in [0.15, 0.2) is 17.1 Å². The number of aromatic nitrogens is 3. The third-order valence-electron chi connectivity index (χ3n) is 6.70. The highest BCUT2D eigenvalue weighted by Crippen LogP contribution is 2.33. The number of aliphatic hydroxyl groups excluding tert-OH is 1. The van der Waals surface area contributed by atoms with Gasteiger partial charge < -0.3 is 10.4 Å². The molecule has 2 aliphatic rings. The summed E-state index contributed by atoms with van der Waals surface area (Å²) in [5, 5.41) is 14.1. The Labute approximate surface area is 182 Å². The lowest BCUT2D eigenvalue weighted by Gasteiger charge is -2.30. The Balaban J connectivity index is 1.58. The van der Waals surface area contributed by atoms with E-state index in [1.54, 1.807) is 17.7 Å². The average Bonchev–Trinajstić information content (AvgIpc) is 3.02. The summed E-state index contributed by atoms with van der Waals surface area (Å²) in [4.78, 5) is 22.0. The van der Waals surface area contributed by atoms with Crippen molar-refractivity contribution in [3.05, 3.63) is 28.2 Å². The van der Waals surface area contributed by atoms with Crippen molar-refractivity contribution in [1.29, 1.82) is 0 Å². The van der Waals surface area contributed by atoms with Crippen LogP contribution in [0.4, 0.5) is 5.95 Å². The summed E-state index contributed by atoms with van der Waals surface area (Å²) in [6, 6.07) is 1.89. The monoisotopic (exact) mass is 449 g/mol. The third-order valence-corrected chi connectivity index (χ3v) is 8.01. The lowest BCUT2D eigenvalue weighted by atomic mass is 9.98. The van der Waals surface area contributed by atoms with Crippen molar-refractivity contribution in [2.45, 2.75) is 58.2 Å². The van der Waals surface area contributed by atoms with Crippen molar-refractivity contribution in [1.82, 2.24) is 18.8 Å². The van der Waals surface area contributed by atoms with E-state index < -0.39 is 10.0 Å². The van der Waals surface area contributed by atoms with Gasteiger partial charge in [-0.05, 0) is 50.5 Å². The van der Waals surface area contributed by atoms with E-state index in [1.165, 1.54) is 10.6 Å². The van der Waals surface area contributed by atoms with E-state index in [9.17, 15) is 18.3 Å². The van der Waals surface area contributed by atoms with E-state index in [-0.39, 0.29) is 23.6 Å². The van der Waals surface area contributed by atoms with Crippen molar-refractivity contribution < 1.29 is 13.5 Å². The first-order valence-electron chi connectivity index (χ1n) is 10.9. The smallest absolute Gasteiger partial charge is 0.255 e. The van der Waals surface area contributed by atoms with Crippen molar-refractivity contribution in [2.24, 2.45) is 11.8 Å². The molecule has 1 saturated carbocycles. The van der Waals surface area contributed by atoms with Crippen LogP contribution >= 0.6 is 0 Å². The highest BCUT2D eigenvalue weighted by molar-refractivity contribution is 7.88. The molecule has 0 aromatic carbocycles. The molecule has 31 heavy (non-hydrogen) atoms. The molecule has 0 unspecified atom stereocenters. The minimum Gasteiger partial charge on any atom is -0.393 e. The zero-order valence-corrected chi connectivity index (χ0v) is 19.1. The predicted octanol–water partition coefficient (Wildman–Crippen LogP) is 1.34. The number of piperidine rings is 1. The van der Waals surface area contributed by atoms with Crippen LogP contribution in [0.3, 0.4) is 0 Å². The van der Waals surface area contributed by atoms with Crippen LogP contribution in [-0.4, -0.2) is 63.9 Å². The number of nitrogens with one attached hydrogen (secondary N) is 1. The Bertz CT molecular complexity index is 1120. The maximum Gasteiger partial charge on any atom is 0.255 e. The second-order valence-corrected chi connectivity index (χ2v) is 11.1. The highest BCUT2D eigenvalue weighted by atomic mass is 32.2. The summed E-state index contributed by atoms with van der Waals surface area (Å²) >= 11 is 0. The molecule has 2 aromatic rings. The van der Waals surface area contributed by atoms with E-state index in [0.717, 1.165) is 11.8 Å². The van der Waals surface area contributed by atoms with Crippen LogP contribution in [0.25, 0.3) is 11.0 Å². The second-order valence-electron chi connectivity index (χ2n) is 9.16. The Morgan fingerprint density at radius 2 is 1.97 bits per heavy atom. The molecule has 0 spiro atoms. The van der Waals surface area contributed by atoms with E-state index in [0.29, 0.717) is 62.0 Å². The van der Waals surface area contributed by atoms with Gasteiger partial charge in [0.05, 0.1) is 12.4 Å². The fourth-order valence-corrected chi connectivity index (χ4v) is 5.72. The largest absolute Gasteiger partial charge is 0.393 e. The van der Waals surface area contributed by atoms with Crippen molar-refractivity contribution in [3.8, 4) is 0 Å². The Morgan fingerprint density at radius 1 is 1.26 bits per heavy atom. The number of aryl methyl sites for hydroxylation is 1. The number of pyridine rings is 1. The highest BCUT2D eigenvalue weighted by Gasteiger charge is 2.31. The number of aliphatic hydroxyl groups is 1. The number of anilines is 1. The molecule has 2 aromatic heterocycles. The number of rotatable bonds is 5. The first kappa shape index (κ1) is 22.2. The lowest BCUT2D eigenvalue weighted by Crippen LogP contribution is -2.42. The van der Waals surface area contributed by atoms with Gasteiger partial charge in [0.1, 0.15) is 5.65 Å². The minimum absolute atomic E-state index is 0.0628. The summed E-state index contributed by atoms with van der Waals surface area (Å²) in [6.45, 7) is 5.38. The molecule has 10 heteroatoms. The number of hydrogen-bond donors (Lipinski definition) is 2. The fraction of sp³-hybridized carbons (Fsp3) is 0.667. The number of nitrogens with zero attached hydrogens (tertiary/aromatic N) is 4.